The highest BCUT2D eigenvalue weighted by molar-refractivity contribution is 14.0. The average Bonchev–Trinajstić information content (AvgIpc) is 2.42. The summed E-state index contributed by atoms with van der Waals surface area (Å²) in [5, 5.41) is 15.1. The molecule has 4 nitrogen and oxygen atoms in total. The third-order valence-electron chi connectivity index (χ3n) is 2.92. The van der Waals surface area contributed by atoms with Crippen LogP contribution in [0.3, 0.4) is 0 Å². The number of guanidine groups is 1. The number of hydrogen-bond donors (Lipinski definition) is 3. The van der Waals surface area contributed by atoms with Crippen molar-refractivity contribution in [3.63, 3.8) is 0 Å². The molecule has 0 aliphatic carbocycles. The molecule has 0 radical (unpaired) electrons. The lowest BCUT2D eigenvalue weighted by atomic mass is 10.0. The predicted octanol–water partition coefficient (Wildman–Crippen LogP) is 2.26. The second-order valence-corrected chi connectivity index (χ2v) is 4.68. The fourth-order valence-corrected chi connectivity index (χ4v) is 1.74. The molecule has 1 rings (SSSR count). The van der Waals surface area contributed by atoms with Gasteiger partial charge in [0.25, 0.3) is 0 Å². The zero-order valence-corrected chi connectivity index (χ0v) is 14.8. The van der Waals surface area contributed by atoms with Crippen LogP contribution in [0.2, 0.25) is 0 Å². The van der Waals surface area contributed by atoms with Crippen molar-refractivity contribution >= 4 is 29.9 Å². The van der Waals surface area contributed by atoms with E-state index in [1.807, 2.05) is 6.92 Å². The molecule has 114 valence electrons. The van der Waals surface area contributed by atoms with Crippen LogP contribution in [-0.4, -0.2) is 37.3 Å². The van der Waals surface area contributed by atoms with Gasteiger partial charge in [-0.15, -0.1) is 24.0 Å². The summed E-state index contributed by atoms with van der Waals surface area (Å²) in [6.45, 7) is 8.46. The van der Waals surface area contributed by atoms with Gasteiger partial charge >= 0.3 is 0 Å². The first kappa shape index (κ1) is 19.2. The molecule has 1 aromatic carbocycles. The first-order chi connectivity index (χ1) is 9.17. The highest BCUT2D eigenvalue weighted by atomic mass is 127. The smallest absolute Gasteiger partial charge is 0.191 e. The van der Waals surface area contributed by atoms with Gasteiger partial charge in [0.05, 0.1) is 6.61 Å². The van der Waals surface area contributed by atoms with Crippen LogP contribution in [0, 0.1) is 6.92 Å². The maximum atomic E-state index is 8.82. The Hall–Kier alpha value is -0.820. The van der Waals surface area contributed by atoms with Gasteiger partial charge < -0.3 is 15.7 Å². The summed E-state index contributed by atoms with van der Waals surface area (Å²) in [6.07, 6.45) is 0. The van der Waals surface area contributed by atoms with E-state index in [4.69, 9.17) is 5.11 Å². The molecular formula is C15H26IN3O. The first-order valence-electron chi connectivity index (χ1n) is 6.87. The highest BCUT2D eigenvalue weighted by Crippen LogP contribution is 2.15. The Labute approximate surface area is 139 Å². The summed E-state index contributed by atoms with van der Waals surface area (Å²) >= 11 is 0. The van der Waals surface area contributed by atoms with Gasteiger partial charge in [-0.05, 0) is 19.4 Å². The van der Waals surface area contributed by atoms with E-state index in [-0.39, 0.29) is 30.6 Å². The molecule has 0 saturated heterocycles. The summed E-state index contributed by atoms with van der Waals surface area (Å²) in [5.74, 6) is 1.14. The van der Waals surface area contributed by atoms with Gasteiger partial charge in [-0.25, -0.2) is 0 Å². The van der Waals surface area contributed by atoms with Crippen molar-refractivity contribution in [2.45, 2.75) is 26.7 Å². The van der Waals surface area contributed by atoms with E-state index in [0.717, 1.165) is 19.0 Å². The van der Waals surface area contributed by atoms with Crippen molar-refractivity contribution in [3.05, 3.63) is 35.4 Å². The number of aliphatic hydroxyl groups is 1. The third-order valence-corrected chi connectivity index (χ3v) is 2.92. The molecule has 1 atom stereocenters. The standard InChI is InChI=1S/C15H25N3O.HI/c1-4-16-15(17-9-10-19)18-11-13(3)14-7-5-12(2)6-8-14;/h5-8,13,19H,4,9-11H2,1-3H3,(H2,16,17,18);1H. The SMILES string of the molecule is CCNC(=NCC(C)c1ccc(C)cc1)NCCO.I. The van der Waals surface area contributed by atoms with Crippen LogP contribution in [0.25, 0.3) is 0 Å². The van der Waals surface area contributed by atoms with E-state index in [0.29, 0.717) is 12.5 Å². The van der Waals surface area contributed by atoms with Crippen molar-refractivity contribution in [1.29, 1.82) is 0 Å². The quantitative estimate of drug-likeness (QED) is 0.396. The van der Waals surface area contributed by atoms with Crippen LogP contribution in [0.4, 0.5) is 0 Å². The second kappa shape index (κ2) is 10.9. The number of hydrogen-bond acceptors (Lipinski definition) is 2. The maximum Gasteiger partial charge on any atom is 0.191 e. The van der Waals surface area contributed by atoms with Crippen molar-refractivity contribution in [2.75, 3.05) is 26.2 Å². The fourth-order valence-electron chi connectivity index (χ4n) is 1.74. The van der Waals surface area contributed by atoms with Crippen LogP contribution in [-0.2, 0) is 0 Å². The molecule has 0 amide bonds. The maximum absolute atomic E-state index is 8.82. The predicted molar refractivity (Wildman–Crippen MR) is 96.1 cm³/mol. The van der Waals surface area contributed by atoms with Gasteiger partial charge in [0, 0.05) is 25.6 Å². The number of aliphatic imine (C=N–C) groups is 1. The lowest BCUT2D eigenvalue weighted by molar-refractivity contribution is 0.300. The Kier molecular flexibility index (Phi) is 10.5. The lowest BCUT2D eigenvalue weighted by Crippen LogP contribution is -2.38. The second-order valence-electron chi connectivity index (χ2n) is 4.68. The molecule has 0 heterocycles. The van der Waals surface area contributed by atoms with Crippen LogP contribution < -0.4 is 10.6 Å². The molecule has 0 saturated carbocycles. The molecule has 1 unspecified atom stereocenters. The molecule has 0 aliphatic rings. The summed E-state index contributed by atoms with van der Waals surface area (Å²) in [5.41, 5.74) is 2.57. The normalized spacial score (nSPS) is 12.5. The van der Waals surface area contributed by atoms with Gasteiger partial charge in [-0.3, -0.25) is 4.99 Å². The van der Waals surface area contributed by atoms with Crippen molar-refractivity contribution in [1.82, 2.24) is 10.6 Å². The van der Waals surface area contributed by atoms with Crippen molar-refractivity contribution in [2.24, 2.45) is 4.99 Å². The topological polar surface area (TPSA) is 56.7 Å². The summed E-state index contributed by atoms with van der Waals surface area (Å²) in [6, 6.07) is 8.57. The molecule has 0 bridgehead atoms. The number of nitrogens with zero attached hydrogens (tertiary/aromatic N) is 1. The molecule has 5 heteroatoms. The highest BCUT2D eigenvalue weighted by Gasteiger charge is 2.05. The number of halogens is 1. The summed E-state index contributed by atoms with van der Waals surface area (Å²) in [4.78, 5) is 4.53. The molecule has 1 aromatic rings. The van der Waals surface area contributed by atoms with E-state index in [1.165, 1.54) is 11.1 Å². The Bertz CT molecular complexity index is 393. The van der Waals surface area contributed by atoms with Crippen LogP contribution in [0.1, 0.15) is 30.9 Å². The largest absolute Gasteiger partial charge is 0.395 e. The molecule has 3 N–H and O–H groups in total. The number of aliphatic hydroxyl groups excluding tert-OH is 1. The minimum Gasteiger partial charge on any atom is -0.395 e. The minimum absolute atomic E-state index is 0. The van der Waals surface area contributed by atoms with E-state index >= 15 is 0 Å². The Morgan fingerprint density at radius 1 is 1.25 bits per heavy atom. The molecule has 20 heavy (non-hydrogen) atoms. The van der Waals surface area contributed by atoms with Crippen LogP contribution in [0.15, 0.2) is 29.3 Å². The lowest BCUT2D eigenvalue weighted by Gasteiger charge is -2.13. The van der Waals surface area contributed by atoms with Gasteiger partial charge in [-0.2, -0.15) is 0 Å². The molecular weight excluding hydrogens is 365 g/mol. The Balaban J connectivity index is 0.00000361. The van der Waals surface area contributed by atoms with Gasteiger partial charge in [-0.1, -0.05) is 36.8 Å². The van der Waals surface area contributed by atoms with Crippen molar-refractivity contribution < 1.29 is 5.11 Å². The number of benzene rings is 1. The Morgan fingerprint density at radius 2 is 1.90 bits per heavy atom. The molecule has 0 fully saturated rings. The molecule has 0 aromatic heterocycles. The van der Waals surface area contributed by atoms with E-state index in [1.54, 1.807) is 0 Å². The third kappa shape index (κ3) is 7.09. The zero-order chi connectivity index (χ0) is 14.1. The van der Waals surface area contributed by atoms with Gasteiger partial charge in [0.1, 0.15) is 0 Å². The summed E-state index contributed by atoms with van der Waals surface area (Å²) in [7, 11) is 0. The van der Waals surface area contributed by atoms with Gasteiger partial charge in [0.15, 0.2) is 5.96 Å². The van der Waals surface area contributed by atoms with Gasteiger partial charge in [0.2, 0.25) is 0 Å². The number of aryl methyl sites for hydroxylation is 1. The fraction of sp³-hybridized carbons (Fsp3) is 0.533. The van der Waals surface area contributed by atoms with E-state index in [9.17, 15) is 0 Å². The monoisotopic (exact) mass is 391 g/mol. The summed E-state index contributed by atoms with van der Waals surface area (Å²) < 4.78 is 0. The zero-order valence-electron chi connectivity index (χ0n) is 12.5. The molecule has 0 aliphatic heterocycles. The molecule has 0 spiro atoms. The van der Waals surface area contributed by atoms with E-state index in [2.05, 4.69) is 53.7 Å². The number of nitrogens with one attached hydrogen (secondary N) is 2. The Morgan fingerprint density at radius 3 is 2.45 bits per heavy atom. The average molecular weight is 391 g/mol. The van der Waals surface area contributed by atoms with Crippen LogP contribution in [0.5, 0.6) is 0 Å². The first-order valence-corrected chi connectivity index (χ1v) is 6.87. The minimum atomic E-state index is 0. The number of rotatable bonds is 6. The van der Waals surface area contributed by atoms with Crippen molar-refractivity contribution in [3.8, 4) is 0 Å². The van der Waals surface area contributed by atoms with Crippen LogP contribution >= 0.6 is 24.0 Å². The van der Waals surface area contributed by atoms with E-state index < -0.39 is 0 Å².